The Bertz CT molecular complexity index is 417. The molecule has 1 saturated heterocycles. The number of nitriles is 1. The van der Waals surface area contributed by atoms with Crippen molar-refractivity contribution in [3.05, 3.63) is 29.3 Å². The molecule has 2 rings (SSSR count). The molecule has 3 heteroatoms. The number of hydrogen-bond donors (Lipinski definition) is 1. The molecule has 1 fully saturated rings. The molecule has 1 atom stereocenters. The third-order valence-corrected chi connectivity index (χ3v) is 3.16. The van der Waals surface area contributed by atoms with Crippen molar-refractivity contribution in [3.63, 3.8) is 0 Å². The molecule has 0 aromatic heterocycles. The second-order valence-electron chi connectivity index (χ2n) is 4.51. The summed E-state index contributed by atoms with van der Waals surface area (Å²) in [5.74, 6) is 0. The first-order chi connectivity index (χ1) is 8.29. The summed E-state index contributed by atoms with van der Waals surface area (Å²) in [6.07, 6.45) is 3.88. The fraction of sp³-hybridized carbons (Fsp3) is 0.500. The Morgan fingerprint density at radius 3 is 3.06 bits per heavy atom. The van der Waals surface area contributed by atoms with Crippen molar-refractivity contribution in [1.82, 2.24) is 0 Å². The van der Waals surface area contributed by atoms with E-state index in [9.17, 15) is 0 Å². The summed E-state index contributed by atoms with van der Waals surface area (Å²) >= 11 is 0. The fourth-order valence-corrected chi connectivity index (χ4v) is 2.07. The van der Waals surface area contributed by atoms with Crippen LogP contribution in [0.1, 0.15) is 30.4 Å². The highest BCUT2D eigenvalue weighted by atomic mass is 16.5. The van der Waals surface area contributed by atoms with Gasteiger partial charge < -0.3 is 10.1 Å². The second-order valence-corrected chi connectivity index (χ2v) is 4.51. The fourth-order valence-electron chi connectivity index (χ4n) is 2.07. The van der Waals surface area contributed by atoms with Crippen molar-refractivity contribution in [2.75, 3.05) is 18.5 Å². The first-order valence-corrected chi connectivity index (χ1v) is 6.16. The molecule has 1 N–H and O–H groups in total. The Hall–Kier alpha value is -1.53. The van der Waals surface area contributed by atoms with E-state index in [-0.39, 0.29) is 0 Å². The highest BCUT2D eigenvalue weighted by Crippen LogP contribution is 2.18. The number of nitrogens with zero attached hydrogens (tertiary/aromatic N) is 1. The number of benzene rings is 1. The molecule has 17 heavy (non-hydrogen) atoms. The van der Waals surface area contributed by atoms with Gasteiger partial charge in [-0.1, -0.05) is 6.07 Å². The Labute approximate surface area is 102 Å². The van der Waals surface area contributed by atoms with Crippen LogP contribution in [0.3, 0.4) is 0 Å². The second kappa shape index (κ2) is 5.70. The number of rotatable bonds is 3. The summed E-state index contributed by atoms with van der Waals surface area (Å²) in [5, 5.41) is 12.2. The lowest BCUT2D eigenvalue weighted by atomic mass is 10.1. The predicted molar refractivity (Wildman–Crippen MR) is 68.0 cm³/mol. The summed E-state index contributed by atoms with van der Waals surface area (Å²) in [6.45, 7) is 3.75. The van der Waals surface area contributed by atoms with E-state index in [0.717, 1.165) is 25.3 Å². The van der Waals surface area contributed by atoms with Gasteiger partial charge in [0.05, 0.1) is 17.7 Å². The van der Waals surface area contributed by atoms with Crippen molar-refractivity contribution in [2.24, 2.45) is 0 Å². The predicted octanol–water partition coefficient (Wildman–Crippen LogP) is 2.85. The molecule has 0 amide bonds. The first kappa shape index (κ1) is 11.9. The number of anilines is 1. The maximum atomic E-state index is 8.87. The van der Waals surface area contributed by atoms with E-state index in [1.54, 1.807) is 0 Å². The quantitative estimate of drug-likeness (QED) is 0.868. The van der Waals surface area contributed by atoms with Gasteiger partial charge in [-0.05, 0) is 43.9 Å². The SMILES string of the molecule is Cc1ccc(C#N)cc1NCC1CCCCO1. The third kappa shape index (κ3) is 3.21. The normalized spacial score (nSPS) is 19.6. The van der Waals surface area contributed by atoms with Crippen molar-refractivity contribution in [2.45, 2.75) is 32.3 Å². The smallest absolute Gasteiger partial charge is 0.0992 e. The van der Waals surface area contributed by atoms with Crippen LogP contribution in [0.4, 0.5) is 5.69 Å². The molecule has 1 aromatic carbocycles. The first-order valence-electron chi connectivity index (χ1n) is 6.16. The monoisotopic (exact) mass is 230 g/mol. The van der Waals surface area contributed by atoms with Crippen molar-refractivity contribution in [3.8, 4) is 6.07 Å². The Balaban J connectivity index is 1.95. The van der Waals surface area contributed by atoms with E-state index >= 15 is 0 Å². The van der Waals surface area contributed by atoms with Gasteiger partial charge in [-0.15, -0.1) is 0 Å². The summed E-state index contributed by atoms with van der Waals surface area (Å²) < 4.78 is 5.67. The van der Waals surface area contributed by atoms with Crippen LogP contribution in [0.5, 0.6) is 0 Å². The van der Waals surface area contributed by atoms with E-state index in [1.165, 1.54) is 18.4 Å². The molecular formula is C14H18N2O. The van der Waals surface area contributed by atoms with Crippen LogP contribution in [-0.2, 0) is 4.74 Å². The molecule has 3 nitrogen and oxygen atoms in total. The Morgan fingerprint density at radius 1 is 1.47 bits per heavy atom. The minimum Gasteiger partial charge on any atom is -0.382 e. The highest BCUT2D eigenvalue weighted by molar-refractivity contribution is 5.55. The summed E-state index contributed by atoms with van der Waals surface area (Å²) in [5.41, 5.74) is 2.90. The van der Waals surface area contributed by atoms with E-state index in [0.29, 0.717) is 11.7 Å². The Morgan fingerprint density at radius 2 is 2.35 bits per heavy atom. The summed E-state index contributed by atoms with van der Waals surface area (Å²) in [7, 11) is 0. The molecule has 1 unspecified atom stereocenters. The zero-order chi connectivity index (χ0) is 12.1. The molecule has 1 heterocycles. The molecule has 0 bridgehead atoms. The van der Waals surface area contributed by atoms with Gasteiger partial charge in [-0.25, -0.2) is 0 Å². The van der Waals surface area contributed by atoms with Crippen LogP contribution in [0.2, 0.25) is 0 Å². The van der Waals surface area contributed by atoms with Gasteiger partial charge in [-0.2, -0.15) is 5.26 Å². The van der Waals surface area contributed by atoms with Gasteiger partial charge >= 0.3 is 0 Å². The maximum Gasteiger partial charge on any atom is 0.0992 e. The van der Waals surface area contributed by atoms with Crippen LogP contribution in [0.25, 0.3) is 0 Å². The van der Waals surface area contributed by atoms with Crippen LogP contribution in [0, 0.1) is 18.3 Å². The minimum absolute atomic E-state index is 0.314. The Kier molecular flexibility index (Phi) is 4.00. The molecule has 90 valence electrons. The number of aryl methyl sites for hydroxylation is 1. The van der Waals surface area contributed by atoms with Crippen LogP contribution in [-0.4, -0.2) is 19.3 Å². The molecule has 0 radical (unpaired) electrons. The highest BCUT2D eigenvalue weighted by Gasteiger charge is 2.13. The number of hydrogen-bond acceptors (Lipinski definition) is 3. The summed E-state index contributed by atoms with van der Waals surface area (Å²) in [4.78, 5) is 0. The third-order valence-electron chi connectivity index (χ3n) is 3.16. The number of nitrogens with one attached hydrogen (secondary N) is 1. The lowest BCUT2D eigenvalue weighted by Gasteiger charge is -2.23. The van der Waals surface area contributed by atoms with Crippen molar-refractivity contribution >= 4 is 5.69 Å². The van der Waals surface area contributed by atoms with Gasteiger partial charge in [0.1, 0.15) is 0 Å². The molecule has 0 saturated carbocycles. The topological polar surface area (TPSA) is 45.0 Å². The van der Waals surface area contributed by atoms with Gasteiger partial charge in [0.25, 0.3) is 0 Å². The lowest BCUT2D eigenvalue weighted by molar-refractivity contribution is 0.0247. The molecule has 1 aliphatic rings. The largest absolute Gasteiger partial charge is 0.382 e. The average molecular weight is 230 g/mol. The zero-order valence-electron chi connectivity index (χ0n) is 10.2. The van der Waals surface area contributed by atoms with E-state index < -0.39 is 0 Å². The van der Waals surface area contributed by atoms with Crippen LogP contribution in [0.15, 0.2) is 18.2 Å². The minimum atomic E-state index is 0.314. The molecule has 0 spiro atoms. The van der Waals surface area contributed by atoms with Gasteiger partial charge in [0.2, 0.25) is 0 Å². The van der Waals surface area contributed by atoms with Crippen molar-refractivity contribution < 1.29 is 4.74 Å². The molecule has 1 aromatic rings. The summed E-state index contributed by atoms with van der Waals surface area (Å²) in [6, 6.07) is 7.88. The van der Waals surface area contributed by atoms with Gasteiger partial charge in [0.15, 0.2) is 0 Å². The number of ether oxygens (including phenoxy) is 1. The van der Waals surface area contributed by atoms with Crippen LogP contribution >= 0.6 is 0 Å². The molecular weight excluding hydrogens is 212 g/mol. The van der Waals surface area contributed by atoms with Gasteiger partial charge in [0, 0.05) is 18.8 Å². The van der Waals surface area contributed by atoms with Gasteiger partial charge in [-0.3, -0.25) is 0 Å². The van der Waals surface area contributed by atoms with Crippen LogP contribution < -0.4 is 5.32 Å². The molecule has 0 aliphatic carbocycles. The zero-order valence-corrected chi connectivity index (χ0v) is 10.2. The maximum absolute atomic E-state index is 8.87. The van der Waals surface area contributed by atoms with E-state index in [1.807, 2.05) is 25.1 Å². The standard InChI is InChI=1S/C14H18N2O/c1-11-5-6-12(9-15)8-14(11)16-10-13-4-2-3-7-17-13/h5-6,8,13,16H,2-4,7,10H2,1H3. The van der Waals surface area contributed by atoms with Crippen molar-refractivity contribution in [1.29, 1.82) is 5.26 Å². The van der Waals surface area contributed by atoms with E-state index in [2.05, 4.69) is 11.4 Å². The average Bonchev–Trinajstić information content (AvgIpc) is 2.39. The lowest BCUT2D eigenvalue weighted by Crippen LogP contribution is -2.27. The molecule has 1 aliphatic heterocycles. The van der Waals surface area contributed by atoms with E-state index in [4.69, 9.17) is 10.00 Å².